The number of nitrogens with zero attached hydrogens (tertiary/aromatic N) is 2. The first-order valence-electron chi connectivity index (χ1n) is 7.05. The van der Waals surface area contributed by atoms with Crippen LogP contribution < -0.4 is 9.64 Å². The first-order valence-corrected chi connectivity index (χ1v) is 7.84. The van der Waals surface area contributed by atoms with Crippen molar-refractivity contribution in [3.05, 3.63) is 40.1 Å². The largest absolute Gasteiger partial charge is 0.479 e. The third-order valence-corrected chi connectivity index (χ3v) is 4.59. The molecule has 0 atom stereocenters. The third kappa shape index (κ3) is 2.52. The molecule has 0 unspecified atom stereocenters. The number of methoxy groups -OCH3 is 1. The van der Waals surface area contributed by atoms with E-state index in [4.69, 9.17) is 9.26 Å². The van der Waals surface area contributed by atoms with E-state index in [2.05, 4.69) is 41.0 Å². The zero-order valence-electron chi connectivity index (χ0n) is 12.7. The summed E-state index contributed by atoms with van der Waals surface area (Å²) >= 11 is 3.48. The Morgan fingerprint density at radius 3 is 2.86 bits per heavy atom. The third-order valence-electron chi connectivity index (χ3n) is 4.09. The van der Waals surface area contributed by atoms with E-state index in [-0.39, 0.29) is 17.1 Å². The quantitative estimate of drug-likeness (QED) is 0.813. The molecule has 0 spiro atoms. The molecule has 1 amide bonds. The summed E-state index contributed by atoms with van der Waals surface area (Å²) in [5, 5.41) is 3.70. The van der Waals surface area contributed by atoms with Crippen molar-refractivity contribution in [1.29, 1.82) is 0 Å². The number of aromatic nitrogens is 1. The predicted octanol–water partition coefficient (Wildman–Crippen LogP) is 3.77. The Bertz CT molecular complexity index is 724. The van der Waals surface area contributed by atoms with E-state index < -0.39 is 0 Å². The molecule has 0 N–H and O–H groups in total. The van der Waals surface area contributed by atoms with Crippen molar-refractivity contribution in [3.8, 4) is 5.88 Å². The number of amides is 1. The van der Waals surface area contributed by atoms with E-state index in [1.165, 1.54) is 13.2 Å². The lowest BCUT2D eigenvalue weighted by Crippen LogP contribution is -2.41. The van der Waals surface area contributed by atoms with Crippen LogP contribution in [0, 0.1) is 0 Å². The van der Waals surface area contributed by atoms with Crippen LogP contribution in [0.3, 0.4) is 0 Å². The van der Waals surface area contributed by atoms with Crippen LogP contribution in [0.2, 0.25) is 0 Å². The van der Waals surface area contributed by atoms with Gasteiger partial charge in [0, 0.05) is 16.7 Å². The topological polar surface area (TPSA) is 55.6 Å². The highest BCUT2D eigenvalue weighted by Crippen LogP contribution is 2.41. The highest BCUT2D eigenvalue weighted by molar-refractivity contribution is 9.10. The fraction of sp³-hybridized carbons (Fsp3) is 0.375. The number of carbonyl (C=O) groups excluding carboxylic acids is 1. The summed E-state index contributed by atoms with van der Waals surface area (Å²) in [5.74, 6) is 0.281. The zero-order valence-corrected chi connectivity index (χ0v) is 14.3. The molecule has 1 aliphatic rings. The lowest BCUT2D eigenvalue weighted by atomic mass is 9.77. The molecule has 5 nitrogen and oxygen atoms in total. The predicted molar refractivity (Wildman–Crippen MR) is 86.5 cm³/mol. The molecule has 2 aromatic rings. The molecular weight excluding hydrogens is 348 g/mol. The Kier molecular flexibility index (Phi) is 3.72. The van der Waals surface area contributed by atoms with E-state index in [0.29, 0.717) is 12.4 Å². The van der Waals surface area contributed by atoms with Crippen LogP contribution >= 0.6 is 15.9 Å². The van der Waals surface area contributed by atoms with Crippen LogP contribution in [0.15, 0.2) is 33.3 Å². The van der Waals surface area contributed by atoms with Gasteiger partial charge in [-0.15, -0.1) is 0 Å². The number of hydrogen-bond acceptors (Lipinski definition) is 4. The van der Waals surface area contributed by atoms with Gasteiger partial charge in [0.2, 0.25) is 5.76 Å². The molecule has 116 valence electrons. The average molecular weight is 365 g/mol. The molecule has 22 heavy (non-hydrogen) atoms. The van der Waals surface area contributed by atoms with Gasteiger partial charge in [0.25, 0.3) is 11.8 Å². The van der Waals surface area contributed by atoms with Gasteiger partial charge in [0.15, 0.2) is 0 Å². The van der Waals surface area contributed by atoms with E-state index in [0.717, 1.165) is 22.1 Å². The minimum atomic E-state index is -0.203. The molecule has 0 aliphatic carbocycles. The van der Waals surface area contributed by atoms with Crippen LogP contribution in [0.1, 0.15) is 36.4 Å². The van der Waals surface area contributed by atoms with Gasteiger partial charge in [0.1, 0.15) is 0 Å². The lowest BCUT2D eigenvalue weighted by Gasteiger charge is -2.38. The number of ether oxygens (including phenoxy) is 1. The van der Waals surface area contributed by atoms with E-state index in [1.54, 1.807) is 4.90 Å². The van der Waals surface area contributed by atoms with Crippen molar-refractivity contribution in [3.63, 3.8) is 0 Å². The molecule has 0 saturated heterocycles. The number of hydrogen-bond donors (Lipinski definition) is 0. The van der Waals surface area contributed by atoms with Gasteiger partial charge in [-0.3, -0.25) is 4.79 Å². The lowest BCUT2D eigenvalue weighted by molar-refractivity contribution is 0.0946. The maximum Gasteiger partial charge on any atom is 0.297 e. The summed E-state index contributed by atoms with van der Waals surface area (Å²) in [5.41, 5.74) is 2.10. The van der Waals surface area contributed by atoms with E-state index >= 15 is 0 Å². The van der Waals surface area contributed by atoms with Gasteiger partial charge in [-0.1, -0.05) is 35.8 Å². The standard InChI is InChI=1S/C16H17BrN2O3/c1-16(2)6-7-19(12-8-10(17)4-5-11(12)16)15(20)13-9-14(21-3)18-22-13/h4-5,8-9H,6-7H2,1-3H3. The Labute approximate surface area is 137 Å². The number of halogens is 1. The molecule has 0 radical (unpaired) electrons. The van der Waals surface area contributed by atoms with Gasteiger partial charge >= 0.3 is 0 Å². The summed E-state index contributed by atoms with van der Waals surface area (Å²) in [6.07, 6.45) is 0.888. The molecule has 6 heteroatoms. The van der Waals surface area contributed by atoms with Gasteiger partial charge in [-0.2, -0.15) is 0 Å². The maximum atomic E-state index is 12.7. The molecule has 0 fully saturated rings. The number of fused-ring (bicyclic) bond motifs is 1. The van der Waals surface area contributed by atoms with Crippen molar-refractivity contribution >= 4 is 27.5 Å². The fourth-order valence-electron chi connectivity index (χ4n) is 2.75. The summed E-state index contributed by atoms with van der Waals surface area (Å²) in [4.78, 5) is 14.5. The monoisotopic (exact) mass is 364 g/mol. The molecule has 1 aliphatic heterocycles. The van der Waals surface area contributed by atoms with Gasteiger partial charge < -0.3 is 14.2 Å². The van der Waals surface area contributed by atoms with Crippen molar-refractivity contribution in [2.75, 3.05) is 18.6 Å². The highest BCUT2D eigenvalue weighted by atomic mass is 79.9. The molecule has 2 heterocycles. The molecule has 0 bridgehead atoms. The van der Waals surface area contributed by atoms with Crippen molar-refractivity contribution in [2.24, 2.45) is 0 Å². The SMILES string of the molecule is COc1cc(C(=O)N2CCC(C)(C)c3ccc(Br)cc32)on1. The summed E-state index contributed by atoms with van der Waals surface area (Å²) < 4.78 is 11.0. The fourth-order valence-corrected chi connectivity index (χ4v) is 3.10. The van der Waals surface area contributed by atoms with Crippen molar-refractivity contribution < 1.29 is 14.1 Å². The minimum Gasteiger partial charge on any atom is -0.479 e. The normalized spacial score (nSPS) is 16.3. The number of anilines is 1. The average Bonchev–Trinajstić information content (AvgIpc) is 2.95. The van der Waals surface area contributed by atoms with Crippen LogP contribution in [-0.2, 0) is 5.41 Å². The second kappa shape index (κ2) is 5.43. The minimum absolute atomic E-state index is 0.0336. The second-order valence-electron chi connectivity index (χ2n) is 5.99. The van der Waals surface area contributed by atoms with Crippen LogP contribution in [-0.4, -0.2) is 24.7 Å². The number of benzene rings is 1. The highest BCUT2D eigenvalue weighted by Gasteiger charge is 2.35. The van der Waals surface area contributed by atoms with Gasteiger partial charge in [-0.05, 0) is 34.7 Å². The first-order chi connectivity index (χ1) is 10.4. The maximum absolute atomic E-state index is 12.7. The second-order valence-corrected chi connectivity index (χ2v) is 6.90. The van der Waals surface area contributed by atoms with Crippen molar-refractivity contribution in [1.82, 2.24) is 5.16 Å². The van der Waals surface area contributed by atoms with Gasteiger partial charge in [0.05, 0.1) is 13.2 Å². The zero-order chi connectivity index (χ0) is 15.9. The van der Waals surface area contributed by atoms with Gasteiger partial charge in [-0.25, -0.2) is 0 Å². The van der Waals surface area contributed by atoms with Crippen LogP contribution in [0.25, 0.3) is 0 Å². The summed E-state index contributed by atoms with van der Waals surface area (Å²) in [6.45, 7) is 5.02. The Morgan fingerprint density at radius 1 is 1.41 bits per heavy atom. The summed E-state index contributed by atoms with van der Waals surface area (Å²) in [6, 6.07) is 7.56. The smallest absolute Gasteiger partial charge is 0.297 e. The van der Waals surface area contributed by atoms with Crippen LogP contribution in [0.4, 0.5) is 5.69 Å². The van der Waals surface area contributed by atoms with E-state index in [1.807, 2.05) is 12.1 Å². The summed E-state index contributed by atoms with van der Waals surface area (Å²) in [7, 11) is 1.49. The Hall–Kier alpha value is -1.82. The van der Waals surface area contributed by atoms with E-state index in [9.17, 15) is 4.79 Å². The Morgan fingerprint density at radius 2 is 2.18 bits per heavy atom. The molecule has 0 saturated carbocycles. The number of rotatable bonds is 2. The molecule has 1 aromatic heterocycles. The molecule has 3 rings (SSSR count). The Balaban J connectivity index is 2.02. The van der Waals surface area contributed by atoms with Crippen molar-refractivity contribution in [2.45, 2.75) is 25.7 Å². The first kappa shape index (κ1) is 15.1. The molecule has 1 aromatic carbocycles. The van der Waals surface area contributed by atoms with Crippen LogP contribution in [0.5, 0.6) is 5.88 Å². The number of carbonyl (C=O) groups is 1. The molecular formula is C16H17BrN2O3.